The molecular weight excluding hydrogens is 382 g/mol. The van der Waals surface area contributed by atoms with E-state index in [1.807, 2.05) is 24.3 Å². The first kappa shape index (κ1) is 20.3. The van der Waals surface area contributed by atoms with Crippen LogP contribution >= 0.6 is 11.6 Å². The van der Waals surface area contributed by atoms with E-state index in [-0.39, 0.29) is 17.7 Å². The van der Waals surface area contributed by atoms with E-state index >= 15 is 0 Å². The number of anilines is 1. The van der Waals surface area contributed by atoms with E-state index < -0.39 is 4.92 Å². The zero-order valence-corrected chi connectivity index (χ0v) is 16.3. The molecule has 0 aliphatic carbocycles. The number of carbonyl (C=O) groups excluding carboxylic acids is 1. The monoisotopic (exact) mass is 403 g/mol. The molecule has 148 valence electrons. The van der Waals surface area contributed by atoms with Gasteiger partial charge in [-0.1, -0.05) is 23.7 Å². The van der Waals surface area contributed by atoms with E-state index in [0.717, 1.165) is 12.1 Å². The summed E-state index contributed by atoms with van der Waals surface area (Å²) in [5.41, 5.74) is 2.34. The van der Waals surface area contributed by atoms with Gasteiger partial charge in [0.15, 0.2) is 0 Å². The lowest BCUT2D eigenvalue weighted by atomic mass is 10.1. The molecular formula is C20H22ClN3O4. The Kier molecular flexibility index (Phi) is 6.61. The standard InChI is InChI=1S/C20H22ClN3O4/c1-14-12-17(24(26)27)6-7-18(14)22-20(25)8-9-23-10-11-28-19(13-23)15-2-4-16(21)5-3-15/h2-7,12,19H,8-11,13H2,1H3,(H,22,25). The minimum Gasteiger partial charge on any atom is -0.371 e. The van der Waals surface area contributed by atoms with Crippen molar-refractivity contribution >= 4 is 28.9 Å². The summed E-state index contributed by atoms with van der Waals surface area (Å²) in [6.45, 7) is 4.45. The largest absolute Gasteiger partial charge is 0.371 e. The summed E-state index contributed by atoms with van der Waals surface area (Å²) in [5, 5.41) is 14.3. The van der Waals surface area contributed by atoms with Gasteiger partial charge in [-0.05, 0) is 36.2 Å². The number of morpholine rings is 1. The molecule has 2 aromatic carbocycles. The molecule has 0 aromatic heterocycles. The maximum Gasteiger partial charge on any atom is 0.269 e. The van der Waals surface area contributed by atoms with Crippen molar-refractivity contribution in [2.75, 3.05) is 31.6 Å². The zero-order chi connectivity index (χ0) is 20.1. The number of halogens is 1. The summed E-state index contributed by atoms with van der Waals surface area (Å²) in [4.78, 5) is 24.9. The van der Waals surface area contributed by atoms with Gasteiger partial charge in [-0.15, -0.1) is 0 Å². The van der Waals surface area contributed by atoms with Crippen molar-refractivity contribution in [3.8, 4) is 0 Å². The molecule has 1 fully saturated rings. The second-order valence-electron chi connectivity index (χ2n) is 6.77. The summed E-state index contributed by atoms with van der Waals surface area (Å²) in [5.74, 6) is -0.119. The highest BCUT2D eigenvalue weighted by molar-refractivity contribution is 6.30. The minimum atomic E-state index is -0.450. The SMILES string of the molecule is Cc1cc([N+](=O)[O-])ccc1NC(=O)CCN1CCOC(c2ccc(Cl)cc2)C1. The summed E-state index contributed by atoms with van der Waals surface area (Å²) < 4.78 is 5.84. The number of amides is 1. The molecule has 1 unspecified atom stereocenters. The van der Waals surface area contributed by atoms with E-state index in [1.54, 1.807) is 13.0 Å². The van der Waals surface area contributed by atoms with Gasteiger partial charge in [0, 0.05) is 48.9 Å². The lowest BCUT2D eigenvalue weighted by molar-refractivity contribution is -0.384. The van der Waals surface area contributed by atoms with Gasteiger partial charge in [0.1, 0.15) is 0 Å². The molecule has 1 amide bonds. The zero-order valence-electron chi connectivity index (χ0n) is 15.6. The second kappa shape index (κ2) is 9.14. The molecule has 1 heterocycles. The number of ether oxygens (including phenoxy) is 1. The summed E-state index contributed by atoms with van der Waals surface area (Å²) in [6, 6.07) is 12.0. The molecule has 7 nitrogen and oxygen atoms in total. The Balaban J connectivity index is 1.51. The van der Waals surface area contributed by atoms with Crippen LogP contribution in [0, 0.1) is 17.0 Å². The summed E-state index contributed by atoms with van der Waals surface area (Å²) >= 11 is 5.94. The second-order valence-corrected chi connectivity index (χ2v) is 7.20. The molecule has 0 spiro atoms. The molecule has 1 aliphatic rings. The van der Waals surface area contributed by atoms with Gasteiger partial charge in [-0.25, -0.2) is 0 Å². The van der Waals surface area contributed by atoms with Crippen LogP contribution in [0.3, 0.4) is 0 Å². The van der Waals surface area contributed by atoms with Crippen molar-refractivity contribution in [3.05, 3.63) is 68.7 Å². The molecule has 0 radical (unpaired) electrons. The summed E-state index contributed by atoms with van der Waals surface area (Å²) in [7, 11) is 0. The number of aryl methyl sites for hydroxylation is 1. The Morgan fingerprint density at radius 2 is 2.07 bits per heavy atom. The number of nitro benzene ring substituents is 1. The first-order valence-corrected chi connectivity index (χ1v) is 9.44. The number of nitrogens with one attached hydrogen (secondary N) is 1. The third-order valence-electron chi connectivity index (χ3n) is 4.74. The number of nitrogens with zero attached hydrogens (tertiary/aromatic N) is 2. The van der Waals surface area contributed by atoms with Gasteiger partial charge in [0.25, 0.3) is 5.69 Å². The van der Waals surface area contributed by atoms with Gasteiger partial charge in [-0.3, -0.25) is 19.8 Å². The quantitative estimate of drug-likeness (QED) is 0.583. The number of carbonyl (C=O) groups is 1. The van der Waals surface area contributed by atoms with E-state index in [4.69, 9.17) is 16.3 Å². The van der Waals surface area contributed by atoms with Crippen molar-refractivity contribution in [2.45, 2.75) is 19.4 Å². The molecule has 2 aromatic rings. The van der Waals surface area contributed by atoms with Crippen molar-refractivity contribution in [3.63, 3.8) is 0 Å². The van der Waals surface area contributed by atoms with Crippen molar-refractivity contribution in [2.24, 2.45) is 0 Å². The first-order valence-electron chi connectivity index (χ1n) is 9.06. The summed E-state index contributed by atoms with van der Waals surface area (Å²) in [6.07, 6.45) is 0.301. The van der Waals surface area contributed by atoms with Gasteiger partial charge >= 0.3 is 0 Å². The van der Waals surface area contributed by atoms with Gasteiger partial charge in [0.05, 0.1) is 17.6 Å². The number of non-ortho nitro benzene ring substituents is 1. The molecule has 1 saturated heterocycles. The topological polar surface area (TPSA) is 84.7 Å². The van der Waals surface area contributed by atoms with Crippen LogP contribution in [0.5, 0.6) is 0 Å². The Morgan fingerprint density at radius 3 is 2.75 bits per heavy atom. The van der Waals surface area contributed by atoms with Gasteiger partial charge in [-0.2, -0.15) is 0 Å². The smallest absolute Gasteiger partial charge is 0.269 e. The fraction of sp³-hybridized carbons (Fsp3) is 0.350. The average molecular weight is 404 g/mol. The predicted molar refractivity (Wildman–Crippen MR) is 108 cm³/mol. The van der Waals surface area contributed by atoms with Crippen LogP contribution in [0.25, 0.3) is 0 Å². The molecule has 0 bridgehead atoms. The Hall–Kier alpha value is -2.48. The average Bonchev–Trinajstić information content (AvgIpc) is 2.68. The Morgan fingerprint density at radius 1 is 1.32 bits per heavy atom. The number of rotatable bonds is 6. The van der Waals surface area contributed by atoms with Crippen LogP contribution in [0.1, 0.15) is 23.7 Å². The van der Waals surface area contributed by atoms with Gasteiger partial charge < -0.3 is 10.1 Å². The number of nitro groups is 1. The first-order chi connectivity index (χ1) is 13.4. The number of benzene rings is 2. The van der Waals surface area contributed by atoms with E-state index in [2.05, 4.69) is 10.2 Å². The maximum atomic E-state index is 12.3. The molecule has 28 heavy (non-hydrogen) atoms. The lowest BCUT2D eigenvalue weighted by Gasteiger charge is -2.33. The molecule has 1 atom stereocenters. The van der Waals surface area contributed by atoms with Crippen LogP contribution in [0.2, 0.25) is 5.02 Å². The number of hydrogen-bond acceptors (Lipinski definition) is 5. The van der Waals surface area contributed by atoms with Crippen molar-refractivity contribution < 1.29 is 14.5 Å². The van der Waals surface area contributed by atoms with Crippen LogP contribution in [0.15, 0.2) is 42.5 Å². The molecule has 0 saturated carbocycles. The molecule has 3 rings (SSSR count). The number of hydrogen-bond donors (Lipinski definition) is 1. The van der Waals surface area contributed by atoms with Gasteiger partial charge in [0.2, 0.25) is 5.91 Å². The lowest BCUT2D eigenvalue weighted by Crippen LogP contribution is -2.39. The molecule has 8 heteroatoms. The Bertz CT molecular complexity index is 857. The molecule has 1 aliphatic heterocycles. The highest BCUT2D eigenvalue weighted by Crippen LogP contribution is 2.24. The van der Waals surface area contributed by atoms with Crippen LogP contribution in [0.4, 0.5) is 11.4 Å². The molecule has 1 N–H and O–H groups in total. The fourth-order valence-electron chi connectivity index (χ4n) is 3.16. The van der Waals surface area contributed by atoms with Crippen molar-refractivity contribution in [1.82, 2.24) is 4.90 Å². The van der Waals surface area contributed by atoms with Crippen LogP contribution in [-0.4, -0.2) is 42.0 Å². The van der Waals surface area contributed by atoms with Crippen LogP contribution < -0.4 is 5.32 Å². The van der Waals surface area contributed by atoms with E-state index in [1.165, 1.54) is 12.1 Å². The van der Waals surface area contributed by atoms with Crippen molar-refractivity contribution in [1.29, 1.82) is 0 Å². The fourth-order valence-corrected chi connectivity index (χ4v) is 3.28. The minimum absolute atomic E-state index is 0.0112. The normalized spacial score (nSPS) is 17.3. The predicted octanol–water partition coefficient (Wildman–Crippen LogP) is 3.96. The van der Waals surface area contributed by atoms with E-state index in [9.17, 15) is 14.9 Å². The third kappa shape index (κ3) is 5.28. The highest BCUT2D eigenvalue weighted by atomic mass is 35.5. The highest BCUT2D eigenvalue weighted by Gasteiger charge is 2.22. The van der Waals surface area contributed by atoms with E-state index in [0.29, 0.717) is 42.4 Å². The van der Waals surface area contributed by atoms with Crippen LogP contribution in [-0.2, 0) is 9.53 Å². The maximum absolute atomic E-state index is 12.3. The third-order valence-corrected chi connectivity index (χ3v) is 4.99. The Labute approximate surface area is 168 Å².